The van der Waals surface area contributed by atoms with Crippen LogP contribution in [0, 0.1) is 6.92 Å². The standard InChI is InChI=1S/C10H15BrN2O/c1-7-9(6-13(2)12-7)10-4-3-8(5-11)14-10/h6,8,10H,3-5H2,1-2H3. The number of alkyl halides is 1. The smallest absolute Gasteiger partial charge is 0.0863 e. The molecule has 0 N–H and O–H groups in total. The van der Waals surface area contributed by atoms with Crippen molar-refractivity contribution in [2.45, 2.75) is 32.0 Å². The van der Waals surface area contributed by atoms with Crippen LogP contribution in [0.1, 0.15) is 30.2 Å². The molecule has 1 aliphatic heterocycles. The summed E-state index contributed by atoms with van der Waals surface area (Å²) in [6, 6.07) is 0. The molecule has 2 heterocycles. The summed E-state index contributed by atoms with van der Waals surface area (Å²) in [5.41, 5.74) is 2.34. The van der Waals surface area contributed by atoms with E-state index in [0.717, 1.165) is 23.9 Å². The molecule has 0 aliphatic carbocycles. The fraction of sp³-hybridized carbons (Fsp3) is 0.700. The van der Waals surface area contributed by atoms with Gasteiger partial charge in [-0.1, -0.05) is 15.9 Å². The molecule has 0 spiro atoms. The number of hydrogen-bond acceptors (Lipinski definition) is 2. The minimum atomic E-state index is 0.256. The van der Waals surface area contributed by atoms with Crippen LogP contribution in [-0.4, -0.2) is 21.2 Å². The van der Waals surface area contributed by atoms with Crippen LogP contribution in [0.4, 0.5) is 0 Å². The first-order valence-electron chi connectivity index (χ1n) is 4.92. The number of hydrogen-bond donors (Lipinski definition) is 0. The van der Waals surface area contributed by atoms with E-state index >= 15 is 0 Å². The third kappa shape index (κ3) is 1.86. The summed E-state index contributed by atoms with van der Waals surface area (Å²) in [6.07, 6.45) is 4.95. The zero-order valence-corrected chi connectivity index (χ0v) is 10.1. The van der Waals surface area contributed by atoms with Gasteiger partial charge in [0, 0.05) is 24.1 Å². The second kappa shape index (κ2) is 4.03. The molecule has 1 aromatic heterocycles. The van der Waals surface area contributed by atoms with Gasteiger partial charge in [0.05, 0.1) is 17.9 Å². The Balaban J connectivity index is 2.13. The van der Waals surface area contributed by atoms with Crippen LogP contribution in [-0.2, 0) is 11.8 Å². The van der Waals surface area contributed by atoms with Crippen molar-refractivity contribution in [1.29, 1.82) is 0 Å². The Labute approximate surface area is 92.6 Å². The van der Waals surface area contributed by atoms with Crippen LogP contribution < -0.4 is 0 Å². The van der Waals surface area contributed by atoms with E-state index in [2.05, 4.69) is 27.2 Å². The van der Waals surface area contributed by atoms with E-state index < -0.39 is 0 Å². The molecule has 0 radical (unpaired) electrons. The van der Waals surface area contributed by atoms with Gasteiger partial charge in [-0.15, -0.1) is 0 Å². The quantitative estimate of drug-likeness (QED) is 0.762. The molecule has 2 unspecified atom stereocenters. The van der Waals surface area contributed by atoms with Crippen molar-refractivity contribution in [2.75, 3.05) is 5.33 Å². The summed E-state index contributed by atoms with van der Waals surface area (Å²) < 4.78 is 7.75. The molecule has 1 fully saturated rings. The van der Waals surface area contributed by atoms with Gasteiger partial charge in [0.2, 0.25) is 0 Å². The molecule has 1 aromatic rings. The summed E-state index contributed by atoms with van der Waals surface area (Å²) in [5, 5.41) is 5.26. The second-order valence-electron chi connectivity index (χ2n) is 3.82. The summed E-state index contributed by atoms with van der Waals surface area (Å²) in [7, 11) is 1.95. The molecule has 4 heteroatoms. The molecule has 3 nitrogen and oxygen atoms in total. The Morgan fingerprint density at radius 2 is 2.43 bits per heavy atom. The Bertz CT molecular complexity index is 324. The lowest BCUT2D eigenvalue weighted by molar-refractivity contribution is 0.0584. The van der Waals surface area contributed by atoms with Crippen molar-refractivity contribution in [1.82, 2.24) is 9.78 Å². The minimum Gasteiger partial charge on any atom is -0.369 e. The molecule has 0 bridgehead atoms. The molecule has 1 saturated heterocycles. The number of aromatic nitrogens is 2. The van der Waals surface area contributed by atoms with Crippen molar-refractivity contribution in [3.8, 4) is 0 Å². The molecular weight excluding hydrogens is 244 g/mol. The third-order valence-corrected chi connectivity index (χ3v) is 3.40. The van der Waals surface area contributed by atoms with Crippen LogP contribution in [0.25, 0.3) is 0 Å². The molecule has 0 amide bonds. The maximum absolute atomic E-state index is 5.89. The van der Waals surface area contributed by atoms with E-state index in [0.29, 0.717) is 6.10 Å². The van der Waals surface area contributed by atoms with E-state index in [1.54, 1.807) is 0 Å². The molecule has 2 rings (SSSR count). The Morgan fingerprint density at radius 1 is 1.64 bits per heavy atom. The zero-order chi connectivity index (χ0) is 10.1. The average Bonchev–Trinajstić information content (AvgIpc) is 2.71. The summed E-state index contributed by atoms with van der Waals surface area (Å²) in [5.74, 6) is 0. The van der Waals surface area contributed by atoms with Gasteiger partial charge in [-0.3, -0.25) is 4.68 Å². The van der Waals surface area contributed by atoms with Crippen LogP contribution >= 0.6 is 15.9 Å². The number of nitrogens with zero attached hydrogens (tertiary/aromatic N) is 2. The van der Waals surface area contributed by atoms with Crippen LogP contribution in [0.2, 0.25) is 0 Å². The van der Waals surface area contributed by atoms with Gasteiger partial charge in [0.15, 0.2) is 0 Å². The van der Waals surface area contributed by atoms with Crippen LogP contribution in [0.3, 0.4) is 0 Å². The first-order valence-corrected chi connectivity index (χ1v) is 6.04. The summed E-state index contributed by atoms with van der Waals surface area (Å²) >= 11 is 3.45. The largest absolute Gasteiger partial charge is 0.369 e. The van der Waals surface area contributed by atoms with Crippen molar-refractivity contribution < 1.29 is 4.74 Å². The fourth-order valence-corrected chi connectivity index (χ4v) is 2.46. The van der Waals surface area contributed by atoms with Crippen LogP contribution in [0.5, 0.6) is 0 Å². The van der Waals surface area contributed by atoms with E-state index in [-0.39, 0.29) is 6.10 Å². The third-order valence-electron chi connectivity index (χ3n) is 2.68. The number of halogens is 1. The zero-order valence-electron chi connectivity index (χ0n) is 8.53. The maximum Gasteiger partial charge on any atom is 0.0863 e. The van der Waals surface area contributed by atoms with E-state index in [1.165, 1.54) is 5.56 Å². The highest BCUT2D eigenvalue weighted by atomic mass is 79.9. The van der Waals surface area contributed by atoms with Crippen LogP contribution in [0.15, 0.2) is 6.20 Å². The fourth-order valence-electron chi connectivity index (χ4n) is 1.98. The number of rotatable bonds is 2. The normalized spacial score (nSPS) is 27.1. The summed E-state index contributed by atoms with van der Waals surface area (Å²) in [4.78, 5) is 0. The van der Waals surface area contributed by atoms with Gasteiger partial charge in [0.1, 0.15) is 0 Å². The lowest BCUT2D eigenvalue weighted by Gasteiger charge is -2.10. The van der Waals surface area contributed by atoms with Crippen molar-refractivity contribution in [2.24, 2.45) is 7.05 Å². The average molecular weight is 259 g/mol. The number of ether oxygens (including phenoxy) is 1. The Hall–Kier alpha value is -0.350. The molecular formula is C10H15BrN2O. The molecule has 2 atom stereocenters. The highest BCUT2D eigenvalue weighted by molar-refractivity contribution is 9.09. The maximum atomic E-state index is 5.89. The van der Waals surface area contributed by atoms with Gasteiger partial charge < -0.3 is 4.74 Å². The lowest BCUT2D eigenvalue weighted by Crippen LogP contribution is -2.07. The monoisotopic (exact) mass is 258 g/mol. The van der Waals surface area contributed by atoms with E-state index in [4.69, 9.17) is 4.74 Å². The highest BCUT2D eigenvalue weighted by Crippen LogP contribution is 2.34. The molecule has 1 aliphatic rings. The molecule has 0 aromatic carbocycles. The predicted octanol–water partition coefficient (Wildman–Crippen LogP) is 2.34. The van der Waals surface area contributed by atoms with Gasteiger partial charge in [-0.2, -0.15) is 5.10 Å². The predicted molar refractivity (Wildman–Crippen MR) is 58.6 cm³/mol. The second-order valence-corrected chi connectivity index (χ2v) is 4.47. The SMILES string of the molecule is Cc1nn(C)cc1C1CCC(CBr)O1. The van der Waals surface area contributed by atoms with Gasteiger partial charge in [0.25, 0.3) is 0 Å². The minimum absolute atomic E-state index is 0.256. The molecule has 78 valence electrons. The van der Waals surface area contributed by atoms with Crippen molar-refractivity contribution in [3.63, 3.8) is 0 Å². The molecule has 0 saturated carbocycles. The Kier molecular flexibility index (Phi) is 2.93. The first kappa shape index (κ1) is 10.2. The first-order chi connectivity index (χ1) is 6.70. The summed E-state index contributed by atoms with van der Waals surface area (Å²) in [6.45, 7) is 2.04. The van der Waals surface area contributed by atoms with E-state index in [1.807, 2.05) is 18.7 Å². The topological polar surface area (TPSA) is 27.1 Å². The molecule has 14 heavy (non-hydrogen) atoms. The van der Waals surface area contributed by atoms with Crippen molar-refractivity contribution >= 4 is 15.9 Å². The van der Waals surface area contributed by atoms with E-state index in [9.17, 15) is 0 Å². The van der Waals surface area contributed by atoms with Gasteiger partial charge in [-0.05, 0) is 19.8 Å². The number of aryl methyl sites for hydroxylation is 2. The van der Waals surface area contributed by atoms with Crippen molar-refractivity contribution in [3.05, 3.63) is 17.5 Å². The Morgan fingerprint density at radius 3 is 2.93 bits per heavy atom. The van der Waals surface area contributed by atoms with Gasteiger partial charge >= 0.3 is 0 Å². The van der Waals surface area contributed by atoms with Gasteiger partial charge in [-0.25, -0.2) is 0 Å². The lowest BCUT2D eigenvalue weighted by atomic mass is 10.1. The highest BCUT2D eigenvalue weighted by Gasteiger charge is 2.27.